The predicted molar refractivity (Wildman–Crippen MR) is 136 cm³/mol. The first kappa shape index (κ1) is 26.3. The lowest BCUT2D eigenvalue weighted by atomic mass is 9.82. The van der Waals surface area contributed by atoms with E-state index < -0.39 is 12.0 Å². The summed E-state index contributed by atoms with van der Waals surface area (Å²) in [5, 5.41) is 9.97. The number of carbonyl (C=O) groups is 3. The summed E-state index contributed by atoms with van der Waals surface area (Å²) in [6.45, 7) is 11.6. The SMILES string of the molecule is CC1CCC(C(=O)N(c2cc(C#CC(C)(C)C)sc2C(=O)O)C(C)CC(=O)N2CCCC2)CC1. The van der Waals surface area contributed by atoms with Crippen LogP contribution in [0, 0.1) is 29.1 Å². The maximum atomic E-state index is 13.8. The summed E-state index contributed by atoms with van der Waals surface area (Å²) >= 11 is 1.10. The molecule has 1 saturated heterocycles. The van der Waals surface area contributed by atoms with E-state index in [-0.39, 0.29) is 34.4 Å². The maximum Gasteiger partial charge on any atom is 0.348 e. The third kappa shape index (κ3) is 6.63. The summed E-state index contributed by atoms with van der Waals surface area (Å²) in [6.07, 6.45) is 5.77. The quantitative estimate of drug-likeness (QED) is 0.546. The van der Waals surface area contributed by atoms with Crippen LogP contribution in [0.3, 0.4) is 0 Å². The van der Waals surface area contributed by atoms with E-state index in [0.717, 1.165) is 63.0 Å². The van der Waals surface area contributed by atoms with Crippen molar-refractivity contribution in [3.8, 4) is 11.8 Å². The van der Waals surface area contributed by atoms with Gasteiger partial charge in [-0.1, -0.05) is 18.8 Å². The molecule has 3 rings (SSSR count). The molecule has 2 amide bonds. The van der Waals surface area contributed by atoms with Gasteiger partial charge in [0.2, 0.25) is 11.8 Å². The Morgan fingerprint density at radius 3 is 2.35 bits per heavy atom. The molecule has 7 heteroatoms. The number of hydrogen-bond donors (Lipinski definition) is 1. The summed E-state index contributed by atoms with van der Waals surface area (Å²) in [4.78, 5) is 43.1. The van der Waals surface area contributed by atoms with Crippen molar-refractivity contribution in [2.45, 2.75) is 85.6 Å². The number of carboxylic acid groups (broad SMARTS) is 1. The molecule has 34 heavy (non-hydrogen) atoms. The number of rotatable bonds is 6. The third-order valence-electron chi connectivity index (χ3n) is 6.70. The zero-order valence-corrected chi connectivity index (χ0v) is 22.0. The number of amides is 2. The van der Waals surface area contributed by atoms with Gasteiger partial charge in [0.25, 0.3) is 0 Å². The number of carbonyl (C=O) groups excluding carboxylic acids is 2. The lowest BCUT2D eigenvalue weighted by molar-refractivity contribution is -0.130. The van der Waals surface area contributed by atoms with Crippen molar-refractivity contribution in [2.24, 2.45) is 17.3 Å². The fraction of sp³-hybridized carbons (Fsp3) is 0.667. The van der Waals surface area contributed by atoms with Crippen molar-refractivity contribution in [3.05, 3.63) is 15.8 Å². The molecule has 0 bridgehead atoms. The van der Waals surface area contributed by atoms with Gasteiger partial charge in [0.1, 0.15) is 4.88 Å². The fourth-order valence-corrected chi connectivity index (χ4v) is 5.58. The molecule has 186 valence electrons. The summed E-state index contributed by atoms with van der Waals surface area (Å²) < 4.78 is 0. The summed E-state index contributed by atoms with van der Waals surface area (Å²) in [5.41, 5.74) is 0.151. The van der Waals surface area contributed by atoms with E-state index in [1.54, 1.807) is 11.0 Å². The fourth-order valence-electron chi connectivity index (χ4n) is 4.74. The average Bonchev–Trinajstić information content (AvgIpc) is 3.43. The number of carboxylic acids is 1. The van der Waals surface area contributed by atoms with Gasteiger partial charge in [-0.25, -0.2) is 4.79 Å². The van der Waals surface area contributed by atoms with E-state index in [0.29, 0.717) is 16.5 Å². The number of nitrogens with zero attached hydrogens (tertiary/aromatic N) is 2. The van der Waals surface area contributed by atoms with Crippen LogP contribution in [0.25, 0.3) is 0 Å². The second-order valence-corrected chi connectivity index (χ2v) is 12.0. The Hall–Kier alpha value is -2.33. The van der Waals surface area contributed by atoms with E-state index >= 15 is 0 Å². The Labute approximate surface area is 207 Å². The number of likely N-dealkylation sites (tertiary alicyclic amines) is 1. The lowest BCUT2D eigenvalue weighted by Gasteiger charge is -2.35. The molecule has 1 aromatic heterocycles. The van der Waals surface area contributed by atoms with Crippen molar-refractivity contribution in [3.63, 3.8) is 0 Å². The molecule has 2 fully saturated rings. The second kappa shape index (κ2) is 10.9. The molecule has 6 nitrogen and oxygen atoms in total. The molecule has 1 N–H and O–H groups in total. The highest BCUT2D eigenvalue weighted by atomic mass is 32.1. The van der Waals surface area contributed by atoms with Gasteiger partial charge in [0.15, 0.2) is 0 Å². The van der Waals surface area contributed by atoms with Crippen molar-refractivity contribution >= 4 is 34.8 Å². The van der Waals surface area contributed by atoms with E-state index in [1.165, 1.54) is 0 Å². The van der Waals surface area contributed by atoms with E-state index in [9.17, 15) is 19.5 Å². The van der Waals surface area contributed by atoms with Crippen molar-refractivity contribution in [1.82, 2.24) is 4.90 Å². The van der Waals surface area contributed by atoms with Crippen LogP contribution < -0.4 is 4.90 Å². The standard InChI is InChI=1S/C27H38N2O4S/c1-18-8-10-20(11-9-18)25(31)29(19(2)16-23(30)28-14-6-7-15-28)22-17-21(12-13-27(3,4)5)34-24(22)26(32)33/h17-20H,6-11,14-16H2,1-5H3,(H,32,33). The number of hydrogen-bond acceptors (Lipinski definition) is 4. The van der Waals surface area contributed by atoms with Crippen LogP contribution in [0.4, 0.5) is 5.69 Å². The van der Waals surface area contributed by atoms with E-state index in [1.807, 2.05) is 32.6 Å². The second-order valence-electron chi connectivity index (χ2n) is 10.9. The first-order chi connectivity index (χ1) is 16.0. The van der Waals surface area contributed by atoms with Crippen LogP contribution in [-0.4, -0.2) is 46.9 Å². The molecular formula is C27H38N2O4S. The predicted octanol–water partition coefficient (Wildman–Crippen LogP) is 5.40. The zero-order valence-electron chi connectivity index (χ0n) is 21.1. The molecule has 1 aromatic rings. The molecule has 1 aliphatic carbocycles. The normalized spacial score (nSPS) is 21.5. The van der Waals surface area contributed by atoms with Crippen LogP contribution in [0.5, 0.6) is 0 Å². The summed E-state index contributed by atoms with van der Waals surface area (Å²) in [7, 11) is 0. The minimum absolute atomic E-state index is 0.0277. The van der Waals surface area contributed by atoms with Crippen LogP contribution in [-0.2, 0) is 9.59 Å². The van der Waals surface area contributed by atoms with Crippen LogP contribution >= 0.6 is 11.3 Å². The van der Waals surface area contributed by atoms with Crippen LogP contribution in [0.2, 0.25) is 0 Å². The highest BCUT2D eigenvalue weighted by Gasteiger charge is 2.35. The molecule has 0 spiro atoms. The highest BCUT2D eigenvalue weighted by Crippen LogP contribution is 2.37. The van der Waals surface area contributed by atoms with Crippen LogP contribution in [0.15, 0.2) is 6.07 Å². The molecule has 1 saturated carbocycles. The zero-order chi connectivity index (χ0) is 25.0. The number of thiophene rings is 1. The molecular weight excluding hydrogens is 448 g/mol. The molecule has 1 aliphatic heterocycles. The molecule has 1 atom stereocenters. The molecule has 2 heterocycles. The maximum absolute atomic E-state index is 13.8. The minimum Gasteiger partial charge on any atom is -0.477 e. The Balaban J connectivity index is 1.97. The van der Waals surface area contributed by atoms with E-state index in [2.05, 4.69) is 18.8 Å². The van der Waals surface area contributed by atoms with Crippen molar-refractivity contribution < 1.29 is 19.5 Å². The minimum atomic E-state index is -1.07. The monoisotopic (exact) mass is 486 g/mol. The van der Waals surface area contributed by atoms with Gasteiger partial charge < -0.3 is 14.9 Å². The topological polar surface area (TPSA) is 77.9 Å². The first-order valence-electron chi connectivity index (χ1n) is 12.5. The van der Waals surface area contributed by atoms with Gasteiger partial charge in [0.05, 0.1) is 10.6 Å². The lowest BCUT2D eigenvalue weighted by Crippen LogP contribution is -2.46. The first-order valence-corrected chi connectivity index (χ1v) is 13.3. The van der Waals surface area contributed by atoms with Gasteiger partial charge in [-0.05, 0) is 78.2 Å². The van der Waals surface area contributed by atoms with Gasteiger partial charge in [-0.3, -0.25) is 9.59 Å². The Bertz CT molecular complexity index is 967. The molecule has 0 aromatic carbocycles. The highest BCUT2D eigenvalue weighted by molar-refractivity contribution is 7.15. The Morgan fingerprint density at radius 1 is 1.18 bits per heavy atom. The van der Waals surface area contributed by atoms with Gasteiger partial charge in [-0.15, -0.1) is 11.3 Å². The molecule has 0 radical (unpaired) electrons. The smallest absolute Gasteiger partial charge is 0.348 e. The van der Waals surface area contributed by atoms with Gasteiger partial charge >= 0.3 is 5.97 Å². The number of anilines is 1. The molecule has 1 unspecified atom stereocenters. The van der Waals surface area contributed by atoms with Crippen molar-refractivity contribution in [1.29, 1.82) is 0 Å². The Kier molecular flexibility index (Phi) is 8.46. The van der Waals surface area contributed by atoms with Gasteiger partial charge in [-0.2, -0.15) is 0 Å². The largest absolute Gasteiger partial charge is 0.477 e. The van der Waals surface area contributed by atoms with E-state index in [4.69, 9.17) is 0 Å². The van der Waals surface area contributed by atoms with Crippen molar-refractivity contribution in [2.75, 3.05) is 18.0 Å². The summed E-state index contributed by atoms with van der Waals surface area (Å²) in [6, 6.07) is 1.30. The molecule has 2 aliphatic rings. The van der Waals surface area contributed by atoms with Crippen LogP contribution in [0.1, 0.15) is 94.1 Å². The Morgan fingerprint density at radius 2 is 1.79 bits per heavy atom. The summed E-state index contributed by atoms with van der Waals surface area (Å²) in [5.74, 6) is 5.59. The third-order valence-corrected chi connectivity index (χ3v) is 7.73. The average molecular weight is 487 g/mol. The van der Waals surface area contributed by atoms with Gasteiger partial charge in [0, 0.05) is 36.9 Å². The number of aromatic carboxylic acids is 1.